The number of benzene rings is 1. The van der Waals surface area contributed by atoms with Crippen molar-refractivity contribution in [3.63, 3.8) is 0 Å². The van der Waals surface area contributed by atoms with Crippen LogP contribution in [-0.4, -0.2) is 44.0 Å². The fourth-order valence-electron chi connectivity index (χ4n) is 4.72. The molecule has 1 aromatic carbocycles. The Balaban J connectivity index is 1.33. The van der Waals surface area contributed by atoms with Crippen molar-refractivity contribution in [2.75, 3.05) is 6.54 Å². The molecule has 2 amide bonds. The summed E-state index contributed by atoms with van der Waals surface area (Å²) in [5.74, 6) is -0.700. The maximum Gasteiger partial charge on any atom is 0.271 e. The number of pyridine rings is 1. The molecule has 0 radical (unpaired) electrons. The first kappa shape index (κ1) is 20.9. The number of nitrogens with one attached hydrogen (secondary N) is 1. The molecule has 5 rings (SSSR count). The van der Waals surface area contributed by atoms with Gasteiger partial charge in [0.15, 0.2) is 5.78 Å². The number of hydrogen-bond acceptors (Lipinski definition) is 6. The van der Waals surface area contributed by atoms with E-state index in [1.54, 1.807) is 6.07 Å². The lowest BCUT2D eigenvalue weighted by molar-refractivity contribution is -0.133. The Morgan fingerprint density at radius 1 is 1.15 bits per heavy atom. The largest absolute Gasteiger partial charge is 0.346 e. The highest BCUT2D eigenvalue weighted by Crippen LogP contribution is 2.35. The molecule has 2 aliphatic rings. The first-order valence-corrected chi connectivity index (χ1v) is 10.9. The van der Waals surface area contributed by atoms with E-state index in [9.17, 15) is 14.4 Å². The molecule has 3 aromatic rings. The second kappa shape index (κ2) is 8.54. The predicted molar refractivity (Wildman–Crippen MR) is 119 cm³/mol. The van der Waals surface area contributed by atoms with Gasteiger partial charge in [-0.1, -0.05) is 24.3 Å². The Kier molecular flexibility index (Phi) is 5.42. The summed E-state index contributed by atoms with van der Waals surface area (Å²) in [5, 5.41) is 2.90. The van der Waals surface area contributed by atoms with Crippen LogP contribution >= 0.6 is 0 Å². The number of aromatic nitrogens is 3. The Hall–Kier alpha value is -3.94. The van der Waals surface area contributed by atoms with E-state index in [2.05, 4.69) is 20.3 Å². The van der Waals surface area contributed by atoms with E-state index >= 15 is 0 Å². The fraction of sp³-hybridized carbons (Fsp3) is 0.280. The average Bonchev–Trinajstić information content (AvgIpc) is 3.19. The van der Waals surface area contributed by atoms with Crippen molar-refractivity contribution in [1.29, 1.82) is 0 Å². The summed E-state index contributed by atoms with van der Waals surface area (Å²) in [4.78, 5) is 52.4. The van der Waals surface area contributed by atoms with Crippen LogP contribution in [0.2, 0.25) is 0 Å². The summed E-state index contributed by atoms with van der Waals surface area (Å²) in [6.07, 6.45) is 7.14. The lowest BCUT2D eigenvalue weighted by atomic mass is 9.93. The average molecular weight is 441 g/mol. The van der Waals surface area contributed by atoms with Gasteiger partial charge in [-0.2, -0.15) is 0 Å². The molecule has 0 fully saturated rings. The number of carbonyl (C=O) groups excluding carboxylic acids is 3. The third kappa shape index (κ3) is 3.88. The molecule has 8 heteroatoms. The van der Waals surface area contributed by atoms with Crippen LogP contribution in [0.15, 0.2) is 49.1 Å². The van der Waals surface area contributed by atoms with E-state index in [-0.39, 0.29) is 29.7 Å². The summed E-state index contributed by atoms with van der Waals surface area (Å²) in [6.45, 7) is 3.26. The van der Waals surface area contributed by atoms with Gasteiger partial charge in [0.1, 0.15) is 5.69 Å². The Bertz CT molecular complexity index is 1260. The quantitative estimate of drug-likeness (QED) is 0.666. The first-order valence-electron chi connectivity index (χ1n) is 10.9. The molecule has 1 aliphatic heterocycles. The summed E-state index contributed by atoms with van der Waals surface area (Å²) in [5.41, 5.74) is 5.66. The van der Waals surface area contributed by atoms with Crippen molar-refractivity contribution in [2.45, 2.75) is 38.8 Å². The highest BCUT2D eigenvalue weighted by atomic mass is 16.2. The molecule has 1 aliphatic carbocycles. The van der Waals surface area contributed by atoms with Crippen LogP contribution in [0.25, 0.3) is 0 Å². The van der Waals surface area contributed by atoms with Crippen LogP contribution in [0.5, 0.6) is 0 Å². The molecule has 1 N–H and O–H groups in total. The molecule has 33 heavy (non-hydrogen) atoms. The van der Waals surface area contributed by atoms with Gasteiger partial charge in [0.05, 0.1) is 12.1 Å². The third-order valence-corrected chi connectivity index (χ3v) is 6.45. The van der Waals surface area contributed by atoms with Crippen LogP contribution in [-0.2, 0) is 24.3 Å². The molecule has 2 aromatic heterocycles. The van der Waals surface area contributed by atoms with E-state index in [0.717, 1.165) is 27.9 Å². The highest BCUT2D eigenvalue weighted by Gasteiger charge is 2.37. The lowest BCUT2D eigenvalue weighted by Crippen LogP contribution is -2.39. The first-order chi connectivity index (χ1) is 16.0. The van der Waals surface area contributed by atoms with Crippen molar-refractivity contribution in [3.8, 4) is 0 Å². The molecule has 0 unspecified atom stereocenters. The predicted octanol–water partition coefficient (Wildman–Crippen LogP) is 2.36. The van der Waals surface area contributed by atoms with Gasteiger partial charge in [-0.3, -0.25) is 24.4 Å². The van der Waals surface area contributed by atoms with E-state index in [1.807, 2.05) is 36.2 Å². The molecular formula is C25H23N5O3. The normalized spacial score (nSPS) is 16.8. The zero-order valence-electron chi connectivity index (χ0n) is 18.2. The molecule has 0 saturated carbocycles. The van der Waals surface area contributed by atoms with E-state index in [4.69, 9.17) is 0 Å². The minimum Gasteiger partial charge on any atom is -0.346 e. The summed E-state index contributed by atoms with van der Waals surface area (Å²) < 4.78 is 0. The van der Waals surface area contributed by atoms with E-state index in [1.165, 1.54) is 18.6 Å². The number of fused-ring (bicyclic) bond motifs is 2. The van der Waals surface area contributed by atoms with Crippen LogP contribution < -0.4 is 5.32 Å². The third-order valence-electron chi connectivity index (χ3n) is 6.45. The minimum absolute atomic E-state index is 0.0166. The standard InChI is InChI=1S/C25H23N5O3/c1-15-21(12-29-24(32)22-13-26-7-8-27-22)17-6-9-30(14-16(17)11-28-15)25(33)20-10-23(31)19-5-3-2-4-18(19)20/h2-5,7-8,11,13,20H,6,9-10,12,14H2,1H3,(H,29,32)/t20-/m0/s1. The Labute approximate surface area is 191 Å². The smallest absolute Gasteiger partial charge is 0.271 e. The van der Waals surface area contributed by atoms with Crippen molar-refractivity contribution in [3.05, 3.63) is 88.3 Å². The van der Waals surface area contributed by atoms with Crippen molar-refractivity contribution in [1.82, 2.24) is 25.2 Å². The summed E-state index contributed by atoms with van der Waals surface area (Å²) in [6, 6.07) is 7.38. The number of hydrogen-bond donors (Lipinski definition) is 1. The number of amides is 2. The van der Waals surface area contributed by atoms with Crippen molar-refractivity contribution >= 4 is 17.6 Å². The van der Waals surface area contributed by atoms with Gasteiger partial charge in [0.2, 0.25) is 5.91 Å². The van der Waals surface area contributed by atoms with Crippen LogP contribution in [0.3, 0.4) is 0 Å². The topological polar surface area (TPSA) is 105 Å². The Morgan fingerprint density at radius 3 is 2.82 bits per heavy atom. The van der Waals surface area contributed by atoms with Gasteiger partial charge in [0, 0.05) is 55.9 Å². The van der Waals surface area contributed by atoms with Crippen molar-refractivity contribution < 1.29 is 14.4 Å². The molecular weight excluding hydrogens is 418 g/mol. The zero-order chi connectivity index (χ0) is 22.9. The number of nitrogens with zero attached hydrogens (tertiary/aromatic N) is 4. The molecule has 0 spiro atoms. The second-order valence-electron chi connectivity index (χ2n) is 8.38. The maximum absolute atomic E-state index is 13.3. The van der Waals surface area contributed by atoms with Crippen LogP contribution in [0, 0.1) is 6.92 Å². The van der Waals surface area contributed by atoms with Gasteiger partial charge in [-0.25, -0.2) is 4.98 Å². The second-order valence-corrected chi connectivity index (χ2v) is 8.38. The highest BCUT2D eigenvalue weighted by molar-refractivity contribution is 6.06. The molecule has 8 nitrogen and oxygen atoms in total. The molecule has 166 valence electrons. The molecule has 0 bridgehead atoms. The van der Waals surface area contributed by atoms with Crippen molar-refractivity contribution in [2.24, 2.45) is 0 Å². The summed E-state index contributed by atoms with van der Waals surface area (Å²) >= 11 is 0. The number of rotatable bonds is 4. The fourth-order valence-corrected chi connectivity index (χ4v) is 4.72. The number of Topliss-reactive ketones (excluding diaryl/α,β-unsaturated/α-hetero) is 1. The number of aryl methyl sites for hydroxylation is 1. The van der Waals surface area contributed by atoms with Gasteiger partial charge in [-0.15, -0.1) is 0 Å². The minimum atomic E-state index is -0.417. The van der Waals surface area contributed by atoms with Gasteiger partial charge < -0.3 is 10.2 Å². The zero-order valence-corrected chi connectivity index (χ0v) is 18.2. The monoisotopic (exact) mass is 441 g/mol. The maximum atomic E-state index is 13.3. The molecule has 3 heterocycles. The summed E-state index contributed by atoms with van der Waals surface area (Å²) in [7, 11) is 0. The van der Waals surface area contributed by atoms with Crippen LogP contribution in [0.1, 0.15) is 61.1 Å². The van der Waals surface area contributed by atoms with E-state index < -0.39 is 5.92 Å². The number of carbonyl (C=O) groups is 3. The van der Waals surface area contributed by atoms with Crippen LogP contribution in [0.4, 0.5) is 0 Å². The molecule has 1 atom stereocenters. The van der Waals surface area contributed by atoms with Gasteiger partial charge in [0.25, 0.3) is 5.91 Å². The Morgan fingerprint density at radius 2 is 2.00 bits per heavy atom. The number of ketones is 1. The molecule has 0 saturated heterocycles. The van der Waals surface area contributed by atoms with E-state index in [0.29, 0.717) is 31.6 Å². The lowest BCUT2D eigenvalue weighted by Gasteiger charge is -2.32. The SMILES string of the molecule is Cc1ncc2c(c1CNC(=O)c1cnccn1)CCN(C(=O)[C@H]1CC(=O)c3ccccc31)C2. The van der Waals surface area contributed by atoms with Gasteiger partial charge in [-0.05, 0) is 35.6 Å². The van der Waals surface area contributed by atoms with Gasteiger partial charge >= 0.3 is 0 Å².